The molecule has 1 heterocycles. The van der Waals surface area contributed by atoms with Gasteiger partial charge in [-0.2, -0.15) is 0 Å². The van der Waals surface area contributed by atoms with Crippen LogP contribution in [0.3, 0.4) is 0 Å². The average Bonchev–Trinajstić information content (AvgIpc) is 2.78. The van der Waals surface area contributed by atoms with Crippen molar-refractivity contribution in [1.82, 2.24) is 0 Å². The van der Waals surface area contributed by atoms with Gasteiger partial charge in [0, 0.05) is 12.9 Å². The van der Waals surface area contributed by atoms with E-state index in [2.05, 4.69) is 32.2 Å². The number of unbranched alkanes of at least 4 members (excludes halogenated alkanes) is 7. The molecule has 0 fully saturated rings. The number of quaternary nitrogens is 1. The minimum atomic E-state index is -1.08. The third-order valence-corrected chi connectivity index (χ3v) is 3.45. The van der Waals surface area contributed by atoms with Gasteiger partial charge in [0.2, 0.25) is 0 Å². The van der Waals surface area contributed by atoms with Gasteiger partial charge >= 0.3 is 0 Å². The largest absolute Gasteiger partial charge is 0.550 e. The molecule has 0 saturated heterocycles. The lowest BCUT2D eigenvalue weighted by molar-refractivity contribution is -0.802. The maximum Gasteiger partial charge on any atom is 0.109 e. The summed E-state index contributed by atoms with van der Waals surface area (Å²) in [5.41, 5.74) is 1.47. The van der Waals surface area contributed by atoms with Gasteiger partial charge in [0.05, 0.1) is 12.7 Å². The smallest absolute Gasteiger partial charge is 0.109 e. The van der Waals surface area contributed by atoms with E-state index in [1.165, 1.54) is 63.6 Å². The molecule has 0 spiro atoms. The Morgan fingerprint density at radius 1 is 1.10 bits per heavy atom. The monoisotopic (exact) mass is 281 g/mol. The number of allylic oxidation sites excluding steroid dienone is 3. The van der Waals surface area contributed by atoms with E-state index < -0.39 is 5.97 Å². The third kappa shape index (κ3) is 12.0. The zero-order chi connectivity index (χ0) is 15.2. The molecular formula is C17H31NO2. The van der Waals surface area contributed by atoms with Crippen molar-refractivity contribution in [2.24, 2.45) is 0 Å². The van der Waals surface area contributed by atoms with Crippen LogP contribution in [0.4, 0.5) is 0 Å². The third-order valence-electron chi connectivity index (χ3n) is 3.45. The van der Waals surface area contributed by atoms with Gasteiger partial charge in [-0.1, -0.05) is 45.4 Å². The van der Waals surface area contributed by atoms with Gasteiger partial charge in [-0.15, -0.1) is 0 Å². The molecule has 116 valence electrons. The number of rotatable bonds is 9. The van der Waals surface area contributed by atoms with Crippen LogP contribution in [0.25, 0.3) is 0 Å². The molecule has 20 heavy (non-hydrogen) atoms. The van der Waals surface area contributed by atoms with E-state index in [-0.39, 0.29) is 0 Å². The molecule has 0 aliphatic carbocycles. The minimum Gasteiger partial charge on any atom is -0.550 e. The molecule has 0 radical (unpaired) electrons. The van der Waals surface area contributed by atoms with E-state index in [4.69, 9.17) is 9.90 Å². The molecule has 1 aliphatic rings. The second-order valence-electron chi connectivity index (χ2n) is 5.45. The van der Waals surface area contributed by atoms with Crippen molar-refractivity contribution >= 4 is 5.97 Å². The number of aliphatic carboxylic acids is 1. The number of carbonyl (C=O) groups excluding carboxylic acids is 1. The number of nitrogens with one attached hydrogen (secondary N) is 1. The van der Waals surface area contributed by atoms with Crippen LogP contribution in [0.15, 0.2) is 24.0 Å². The molecule has 1 aliphatic heterocycles. The molecule has 1 rings (SSSR count). The van der Waals surface area contributed by atoms with E-state index >= 15 is 0 Å². The van der Waals surface area contributed by atoms with Gasteiger partial charge in [-0.25, -0.2) is 0 Å². The molecule has 0 bridgehead atoms. The Balaban J connectivity index is 0.000000796. The van der Waals surface area contributed by atoms with Crippen LogP contribution in [-0.4, -0.2) is 12.5 Å². The summed E-state index contributed by atoms with van der Waals surface area (Å²) >= 11 is 0. The van der Waals surface area contributed by atoms with Crippen LogP contribution < -0.4 is 10.0 Å². The summed E-state index contributed by atoms with van der Waals surface area (Å²) in [5.74, 6) is -1.08. The normalized spacial score (nSPS) is 16.6. The van der Waals surface area contributed by atoms with E-state index in [1.807, 2.05) is 0 Å². The first kappa shape index (κ1) is 18.9. The molecule has 3 nitrogen and oxygen atoms in total. The number of carbonyl (C=O) groups is 1. The Morgan fingerprint density at radius 3 is 2.05 bits per heavy atom. The van der Waals surface area contributed by atoms with E-state index in [9.17, 15) is 0 Å². The minimum absolute atomic E-state index is 0.972. The number of hydrogen-bond donors (Lipinski definition) is 1. The SMILES string of the molecule is CC(=O)[O-].CCCCCCCCCC[NH+]1C=CC=C1C. The van der Waals surface area contributed by atoms with E-state index in [0.29, 0.717) is 0 Å². The first-order chi connectivity index (χ1) is 9.57. The van der Waals surface area contributed by atoms with Crippen LogP contribution in [-0.2, 0) is 4.79 Å². The van der Waals surface area contributed by atoms with Crippen molar-refractivity contribution in [3.05, 3.63) is 24.0 Å². The van der Waals surface area contributed by atoms with Crippen LogP contribution >= 0.6 is 0 Å². The van der Waals surface area contributed by atoms with Crippen LogP contribution in [0.5, 0.6) is 0 Å². The Hall–Kier alpha value is -1.09. The molecule has 0 aromatic rings. The summed E-state index contributed by atoms with van der Waals surface area (Å²) in [6, 6.07) is 0. The lowest BCUT2D eigenvalue weighted by atomic mass is 10.1. The second-order valence-corrected chi connectivity index (χ2v) is 5.45. The molecule has 3 heteroatoms. The van der Waals surface area contributed by atoms with Gasteiger partial charge in [0.25, 0.3) is 0 Å². The van der Waals surface area contributed by atoms with Crippen LogP contribution in [0.1, 0.15) is 72.1 Å². The lowest BCUT2D eigenvalue weighted by Crippen LogP contribution is -3.04. The number of carboxylic acid groups (broad SMARTS) is 1. The summed E-state index contributed by atoms with van der Waals surface area (Å²) in [6.07, 6.45) is 18.0. The Morgan fingerprint density at radius 2 is 1.60 bits per heavy atom. The molecule has 0 saturated carbocycles. The predicted octanol–water partition coefficient (Wildman–Crippen LogP) is 2.20. The summed E-state index contributed by atoms with van der Waals surface area (Å²) in [4.78, 5) is 10.4. The highest BCUT2D eigenvalue weighted by atomic mass is 16.4. The predicted molar refractivity (Wildman–Crippen MR) is 82.0 cm³/mol. The zero-order valence-electron chi connectivity index (χ0n) is 13.4. The average molecular weight is 281 g/mol. The molecule has 0 amide bonds. The van der Waals surface area contributed by atoms with Gasteiger partial charge in [-0.05, 0) is 31.9 Å². The highest BCUT2D eigenvalue weighted by Gasteiger charge is 2.10. The first-order valence-electron chi connectivity index (χ1n) is 7.96. The Bertz CT molecular complexity index is 304. The number of hydrogen-bond acceptors (Lipinski definition) is 2. The highest BCUT2D eigenvalue weighted by Crippen LogP contribution is 2.07. The molecular weight excluding hydrogens is 250 g/mol. The summed E-state index contributed by atoms with van der Waals surface area (Å²) in [7, 11) is 0. The maximum absolute atomic E-state index is 8.89. The zero-order valence-corrected chi connectivity index (χ0v) is 13.4. The first-order valence-corrected chi connectivity index (χ1v) is 7.96. The fourth-order valence-electron chi connectivity index (χ4n) is 2.28. The Kier molecular flexibility index (Phi) is 12.2. The van der Waals surface area contributed by atoms with Crippen molar-refractivity contribution < 1.29 is 14.8 Å². The Labute approximate surface area is 124 Å². The van der Waals surface area contributed by atoms with Crippen LogP contribution in [0.2, 0.25) is 0 Å². The van der Waals surface area contributed by atoms with Crippen molar-refractivity contribution in [3.8, 4) is 0 Å². The quantitative estimate of drug-likeness (QED) is 0.659. The topological polar surface area (TPSA) is 44.6 Å². The van der Waals surface area contributed by atoms with Crippen molar-refractivity contribution in [3.63, 3.8) is 0 Å². The maximum atomic E-state index is 8.89. The van der Waals surface area contributed by atoms with Crippen molar-refractivity contribution in [1.29, 1.82) is 0 Å². The summed E-state index contributed by atoms with van der Waals surface area (Å²) in [5, 5.41) is 8.89. The van der Waals surface area contributed by atoms with Crippen LogP contribution in [0, 0.1) is 0 Å². The molecule has 1 unspecified atom stereocenters. The van der Waals surface area contributed by atoms with Gasteiger partial charge in [-0.3, -0.25) is 4.90 Å². The molecule has 1 atom stereocenters. The van der Waals surface area contributed by atoms with Gasteiger partial charge < -0.3 is 9.90 Å². The van der Waals surface area contributed by atoms with Crippen molar-refractivity contribution in [2.45, 2.75) is 72.1 Å². The fraction of sp³-hybridized carbons (Fsp3) is 0.706. The molecule has 0 aromatic carbocycles. The van der Waals surface area contributed by atoms with E-state index in [0.717, 1.165) is 6.92 Å². The summed E-state index contributed by atoms with van der Waals surface area (Å²) in [6.45, 7) is 6.76. The fourth-order valence-corrected chi connectivity index (χ4v) is 2.28. The number of carboxylic acids is 1. The molecule has 1 N–H and O–H groups in total. The second kappa shape index (κ2) is 12.9. The standard InChI is InChI=1S/C15H27N.C2H4O2/c1-3-4-5-6-7-8-9-10-13-16-14-11-12-15(16)2;1-2(3)4/h11-12,14H,3-10,13H2,1-2H3;1H3,(H,3,4). The van der Waals surface area contributed by atoms with Gasteiger partial charge in [0.15, 0.2) is 0 Å². The summed E-state index contributed by atoms with van der Waals surface area (Å²) < 4.78 is 0. The van der Waals surface area contributed by atoms with E-state index in [1.54, 1.807) is 4.90 Å². The molecule has 0 aromatic heterocycles. The highest BCUT2D eigenvalue weighted by molar-refractivity contribution is 5.60. The van der Waals surface area contributed by atoms with Gasteiger partial charge in [0.1, 0.15) is 5.70 Å². The van der Waals surface area contributed by atoms with Crippen molar-refractivity contribution in [2.75, 3.05) is 6.54 Å². The lowest BCUT2D eigenvalue weighted by Gasteiger charge is -2.10.